The maximum Gasteiger partial charge on any atom is 0.0923 e. The van der Waals surface area contributed by atoms with Crippen LogP contribution < -0.4 is 0 Å². The summed E-state index contributed by atoms with van der Waals surface area (Å²) in [6, 6.07) is 0. The molecule has 2 nitrogen and oxygen atoms in total. The Morgan fingerprint density at radius 2 is 2.12 bits per heavy atom. The first-order chi connectivity index (χ1) is 7.85. The van der Waals surface area contributed by atoms with Crippen molar-refractivity contribution >= 4 is 0 Å². The third-order valence-corrected chi connectivity index (χ3v) is 3.50. The molecule has 2 heteroatoms. The van der Waals surface area contributed by atoms with Crippen LogP contribution in [0, 0.1) is 0 Å². The Hall–Kier alpha value is -0.600. The summed E-state index contributed by atoms with van der Waals surface area (Å²) in [5, 5.41) is 9.66. The third-order valence-electron chi connectivity index (χ3n) is 3.50. The highest BCUT2D eigenvalue weighted by Crippen LogP contribution is 2.43. The largest absolute Gasteiger partial charge is 0.389 e. The number of epoxide rings is 1. The van der Waals surface area contributed by atoms with Gasteiger partial charge in [-0.25, -0.2) is 0 Å². The lowest BCUT2D eigenvalue weighted by atomic mass is 9.96. The van der Waals surface area contributed by atoms with Crippen LogP contribution in [-0.2, 0) is 4.74 Å². The molecule has 0 saturated carbocycles. The van der Waals surface area contributed by atoms with Crippen molar-refractivity contribution < 1.29 is 9.84 Å². The van der Waals surface area contributed by atoms with Crippen molar-refractivity contribution in [3.05, 3.63) is 23.8 Å². The molecule has 1 aliphatic rings. The predicted molar refractivity (Wildman–Crippen MR) is 72.0 cm³/mol. The highest BCUT2D eigenvalue weighted by molar-refractivity contribution is 5.04. The van der Waals surface area contributed by atoms with Crippen LogP contribution in [-0.4, -0.2) is 22.9 Å². The molecule has 1 fully saturated rings. The fourth-order valence-electron chi connectivity index (χ4n) is 2.08. The summed E-state index contributed by atoms with van der Waals surface area (Å²) >= 11 is 0. The molecule has 0 spiro atoms. The lowest BCUT2D eigenvalue weighted by Gasteiger charge is -2.09. The second-order valence-corrected chi connectivity index (χ2v) is 5.68. The van der Waals surface area contributed by atoms with E-state index in [1.54, 1.807) is 0 Å². The number of aliphatic hydroxyl groups is 1. The van der Waals surface area contributed by atoms with Gasteiger partial charge in [0.2, 0.25) is 0 Å². The Morgan fingerprint density at radius 1 is 1.47 bits per heavy atom. The van der Waals surface area contributed by atoms with Gasteiger partial charge in [0, 0.05) is 0 Å². The summed E-state index contributed by atoms with van der Waals surface area (Å²) < 4.78 is 5.75. The van der Waals surface area contributed by atoms with Gasteiger partial charge in [0.05, 0.1) is 17.8 Å². The lowest BCUT2D eigenvalue weighted by molar-refractivity contribution is 0.192. The van der Waals surface area contributed by atoms with Gasteiger partial charge < -0.3 is 9.84 Å². The maximum absolute atomic E-state index is 9.66. The summed E-state index contributed by atoms with van der Waals surface area (Å²) in [6.07, 6.45) is 6.05. The van der Waals surface area contributed by atoms with Gasteiger partial charge in [0.25, 0.3) is 0 Å². The Balaban J connectivity index is 2.22. The number of rotatable bonds is 7. The number of aliphatic hydroxyl groups excluding tert-OH is 1. The quantitative estimate of drug-likeness (QED) is 0.543. The van der Waals surface area contributed by atoms with E-state index in [1.807, 2.05) is 6.92 Å². The molecule has 0 aliphatic carbocycles. The van der Waals surface area contributed by atoms with E-state index in [2.05, 4.69) is 33.4 Å². The predicted octanol–water partition coefficient (Wildman–Crippen LogP) is 3.61. The van der Waals surface area contributed by atoms with E-state index in [-0.39, 0.29) is 11.7 Å². The molecule has 17 heavy (non-hydrogen) atoms. The molecule has 1 rings (SSSR count). The molecule has 0 aromatic rings. The first kappa shape index (κ1) is 14.5. The molecular formula is C15H26O2. The molecule has 1 saturated heterocycles. The van der Waals surface area contributed by atoms with Gasteiger partial charge in [-0.2, -0.15) is 0 Å². The van der Waals surface area contributed by atoms with Crippen LogP contribution in [0.25, 0.3) is 0 Å². The van der Waals surface area contributed by atoms with E-state index in [1.165, 1.54) is 5.57 Å². The normalized spacial score (nSPS) is 28.6. The Morgan fingerprint density at radius 3 is 2.65 bits per heavy atom. The number of ether oxygens (including phenoxy) is 1. The standard InChI is InChI=1S/C15H26O2/c1-11(2)7-6-10-15(5)14(17-15)9-8-13(16)12(3)4/h7,13-14,16H,3,6,8-10H2,1-2,4-5H3/t13-,14-,15-/m1/s1. The van der Waals surface area contributed by atoms with E-state index in [9.17, 15) is 5.11 Å². The number of allylic oxidation sites excluding steroid dienone is 2. The number of hydrogen-bond donors (Lipinski definition) is 1. The molecule has 1 aliphatic heterocycles. The van der Waals surface area contributed by atoms with Crippen LogP contribution in [0.2, 0.25) is 0 Å². The van der Waals surface area contributed by atoms with Gasteiger partial charge in [-0.3, -0.25) is 0 Å². The molecule has 0 radical (unpaired) electrons. The van der Waals surface area contributed by atoms with E-state index >= 15 is 0 Å². The van der Waals surface area contributed by atoms with Gasteiger partial charge in [-0.05, 0) is 53.4 Å². The first-order valence-electron chi connectivity index (χ1n) is 6.50. The fourth-order valence-corrected chi connectivity index (χ4v) is 2.08. The van der Waals surface area contributed by atoms with Crippen LogP contribution in [0.1, 0.15) is 53.4 Å². The summed E-state index contributed by atoms with van der Waals surface area (Å²) in [4.78, 5) is 0. The zero-order valence-corrected chi connectivity index (χ0v) is 11.6. The molecule has 1 heterocycles. The first-order valence-corrected chi connectivity index (χ1v) is 6.50. The molecule has 0 unspecified atom stereocenters. The van der Waals surface area contributed by atoms with Crippen molar-refractivity contribution in [2.75, 3.05) is 0 Å². The van der Waals surface area contributed by atoms with Crippen molar-refractivity contribution in [3.63, 3.8) is 0 Å². The smallest absolute Gasteiger partial charge is 0.0923 e. The highest BCUT2D eigenvalue weighted by atomic mass is 16.6. The van der Waals surface area contributed by atoms with Crippen molar-refractivity contribution in [1.29, 1.82) is 0 Å². The molecule has 0 aromatic carbocycles. The molecule has 0 bridgehead atoms. The van der Waals surface area contributed by atoms with E-state index in [4.69, 9.17) is 4.74 Å². The molecule has 98 valence electrons. The summed E-state index contributed by atoms with van der Waals surface area (Å²) in [5.74, 6) is 0. The highest BCUT2D eigenvalue weighted by Gasteiger charge is 2.50. The monoisotopic (exact) mass is 238 g/mol. The van der Waals surface area contributed by atoms with Crippen molar-refractivity contribution in [3.8, 4) is 0 Å². The lowest BCUT2D eigenvalue weighted by Crippen LogP contribution is -2.13. The van der Waals surface area contributed by atoms with E-state index in [0.29, 0.717) is 6.10 Å². The van der Waals surface area contributed by atoms with Gasteiger partial charge in [0.1, 0.15) is 0 Å². The van der Waals surface area contributed by atoms with Crippen LogP contribution in [0.15, 0.2) is 23.8 Å². The average molecular weight is 238 g/mol. The van der Waals surface area contributed by atoms with Crippen molar-refractivity contribution in [2.45, 2.75) is 71.2 Å². The zero-order chi connectivity index (χ0) is 13.1. The fraction of sp³-hybridized carbons (Fsp3) is 0.733. The number of hydrogen-bond acceptors (Lipinski definition) is 2. The van der Waals surface area contributed by atoms with Crippen molar-refractivity contribution in [2.24, 2.45) is 0 Å². The molecule has 0 amide bonds. The van der Waals surface area contributed by atoms with Crippen LogP contribution >= 0.6 is 0 Å². The Kier molecular flexibility index (Phi) is 4.96. The van der Waals surface area contributed by atoms with Gasteiger partial charge in [-0.1, -0.05) is 23.8 Å². The third kappa shape index (κ3) is 4.64. The second-order valence-electron chi connectivity index (χ2n) is 5.68. The van der Waals surface area contributed by atoms with Crippen molar-refractivity contribution in [1.82, 2.24) is 0 Å². The second kappa shape index (κ2) is 5.83. The SMILES string of the molecule is C=C(C)[C@H](O)CC[C@H]1O[C@]1(C)CCC=C(C)C. The van der Waals surface area contributed by atoms with E-state index in [0.717, 1.165) is 31.3 Å². The minimum atomic E-state index is -0.374. The van der Waals surface area contributed by atoms with E-state index < -0.39 is 0 Å². The maximum atomic E-state index is 9.66. The summed E-state index contributed by atoms with van der Waals surface area (Å²) in [5.41, 5.74) is 2.25. The molecule has 3 atom stereocenters. The van der Waals surface area contributed by atoms with Crippen LogP contribution in [0.3, 0.4) is 0 Å². The topological polar surface area (TPSA) is 32.8 Å². The zero-order valence-electron chi connectivity index (χ0n) is 11.6. The minimum absolute atomic E-state index is 0.0424. The molecule has 0 aromatic heterocycles. The summed E-state index contributed by atoms with van der Waals surface area (Å²) in [7, 11) is 0. The van der Waals surface area contributed by atoms with Crippen LogP contribution in [0.5, 0.6) is 0 Å². The van der Waals surface area contributed by atoms with Gasteiger partial charge >= 0.3 is 0 Å². The minimum Gasteiger partial charge on any atom is -0.389 e. The van der Waals surface area contributed by atoms with Gasteiger partial charge in [0.15, 0.2) is 0 Å². The molecule has 1 N–H and O–H groups in total. The average Bonchev–Trinajstić information content (AvgIpc) is 2.85. The Bertz CT molecular complexity index is 302. The van der Waals surface area contributed by atoms with Gasteiger partial charge in [-0.15, -0.1) is 0 Å². The summed E-state index contributed by atoms with van der Waals surface area (Å²) in [6.45, 7) is 12.0. The Labute approximate surface area is 105 Å². The van der Waals surface area contributed by atoms with Crippen LogP contribution in [0.4, 0.5) is 0 Å². The molecular weight excluding hydrogens is 212 g/mol.